The zero-order chi connectivity index (χ0) is 20.1. The van der Waals surface area contributed by atoms with Crippen LogP contribution in [0.4, 0.5) is 0 Å². The standard InChI is InChI=1S/C23H22O5/c1-25-19-10-7-16-13-18(6-5-17(16)14-19)20(24)11-8-15-9-12-21(26-2)23(28-4)22(15)27-3/h5-14H,1-4H3/b11-8+. The summed E-state index contributed by atoms with van der Waals surface area (Å²) in [4.78, 5) is 12.7. The van der Waals surface area contributed by atoms with Crippen LogP contribution in [0.1, 0.15) is 15.9 Å². The Balaban J connectivity index is 1.90. The van der Waals surface area contributed by atoms with Crippen molar-refractivity contribution in [1.82, 2.24) is 0 Å². The molecule has 0 atom stereocenters. The van der Waals surface area contributed by atoms with Crippen molar-refractivity contribution in [3.8, 4) is 23.0 Å². The fourth-order valence-corrected chi connectivity index (χ4v) is 3.02. The Hall–Kier alpha value is -3.47. The third-order valence-corrected chi connectivity index (χ3v) is 4.48. The lowest BCUT2D eigenvalue weighted by atomic mass is 10.0. The van der Waals surface area contributed by atoms with Crippen LogP contribution in [0, 0.1) is 0 Å². The molecular weight excluding hydrogens is 356 g/mol. The summed E-state index contributed by atoms with van der Waals surface area (Å²) in [6, 6.07) is 14.9. The van der Waals surface area contributed by atoms with E-state index in [1.54, 1.807) is 46.6 Å². The second-order valence-corrected chi connectivity index (χ2v) is 6.05. The molecule has 0 spiro atoms. The molecule has 144 valence electrons. The van der Waals surface area contributed by atoms with Gasteiger partial charge in [0, 0.05) is 11.1 Å². The molecule has 0 aliphatic rings. The molecule has 0 fully saturated rings. The van der Waals surface area contributed by atoms with E-state index in [4.69, 9.17) is 18.9 Å². The van der Waals surface area contributed by atoms with E-state index in [2.05, 4.69) is 0 Å². The van der Waals surface area contributed by atoms with E-state index in [0.717, 1.165) is 22.1 Å². The van der Waals surface area contributed by atoms with Gasteiger partial charge in [-0.3, -0.25) is 4.79 Å². The Morgan fingerprint density at radius 2 is 1.46 bits per heavy atom. The van der Waals surface area contributed by atoms with E-state index < -0.39 is 0 Å². The minimum atomic E-state index is -0.102. The molecule has 3 aromatic rings. The van der Waals surface area contributed by atoms with Gasteiger partial charge in [0.2, 0.25) is 5.75 Å². The summed E-state index contributed by atoms with van der Waals surface area (Å²) >= 11 is 0. The SMILES string of the molecule is COc1ccc2cc(C(=O)/C=C/c3ccc(OC)c(OC)c3OC)ccc2c1. The number of rotatable bonds is 7. The van der Waals surface area contributed by atoms with Gasteiger partial charge in [-0.1, -0.05) is 18.2 Å². The van der Waals surface area contributed by atoms with Gasteiger partial charge in [-0.2, -0.15) is 0 Å². The third-order valence-electron chi connectivity index (χ3n) is 4.48. The van der Waals surface area contributed by atoms with Crippen molar-refractivity contribution < 1.29 is 23.7 Å². The monoisotopic (exact) mass is 378 g/mol. The number of fused-ring (bicyclic) bond motifs is 1. The molecule has 0 aliphatic carbocycles. The van der Waals surface area contributed by atoms with Gasteiger partial charge in [0.15, 0.2) is 17.3 Å². The van der Waals surface area contributed by atoms with Gasteiger partial charge < -0.3 is 18.9 Å². The molecular formula is C23H22O5. The molecule has 0 aromatic heterocycles. The molecule has 0 N–H and O–H groups in total. The van der Waals surface area contributed by atoms with Crippen LogP contribution in [0.15, 0.2) is 54.6 Å². The van der Waals surface area contributed by atoms with E-state index >= 15 is 0 Å². The van der Waals surface area contributed by atoms with Crippen molar-refractivity contribution in [3.05, 3.63) is 65.7 Å². The highest BCUT2D eigenvalue weighted by molar-refractivity contribution is 6.09. The first kappa shape index (κ1) is 19.3. The van der Waals surface area contributed by atoms with Crippen LogP contribution in [-0.4, -0.2) is 34.2 Å². The number of hydrogen-bond donors (Lipinski definition) is 0. The molecule has 0 amide bonds. The summed E-state index contributed by atoms with van der Waals surface area (Å²) in [7, 11) is 6.29. The normalized spacial score (nSPS) is 10.9. The van der Waals surface area contributed by atoms with Crippen LogP contribution in [0.5, 0.6) is 23.0 Å². The predicted octanol–water partition coefficient (Wildman–Crippen LogP) is 4.77. The van der Waals surface area contributed by atoms with Crippen molar-refractivity contribution in [2.75, 3.05) is 28.4 Å². The van der Waals surface area contributed by atoms with Crippen molar-refractivity contribution in [3.63, 3.8) is 0 Å². The Morgan fingerprint density at radius 1 is 0.750 bits per heavy atom. The largest absolute Gasteiger partial charge is 0.497 e. The highest BCUT2D eigenvalue weighted by Gasteiger charge is 2.14. The zero-order valence-corrected chi connectivity index (χ0v) is 16.3. The molecule has 5 nitrogen and oxygen atoms in total. The molecule has 28 heavy (non-hydrogen) atoms. The van der Waals surface area contributed by atoms with Crippen molar-refractivity contribution in [2.45, 2.75) is 0 Å². The fourth-order valence-electron chi connectivity index (χ4n) is 3.02. The van der Waals surface area contributed by atoms with Crippen molar-refractivity contribution in [2.24, 2.45) is 0 Å². The van der Waals surface area contributed by atoms with Gasteiger partial charge in [-0.15, -0.1) is 0 Å². The average Bonchev–Trinajstić information content (AvgIpc) is 2.75. The van der Waals surface area contributed by atoms with Gasteiger partial charge in [-0.25, -0.2) is 0 Å². The van der Waals surface area contributed by atoms with Crippen LogP contribution >= 0.6 is 0 Å². The molecule has 0 unspecified atom stereocenters. The van der Waals surface area contributed by atoms with Gasteiger partial charge in [0.05, 0.1) is 28.4 Å². The first-order valence-corrected chi connectivity index (χ1v) is 8.70. The second-order valence-electron chi connectivity index (χ2n) is 6.05. The highest BCUT2D eigenvalue weighted by Crippen LogP contribution is 2.40. The van der Waals surface area contributed by atoms with Gasteiger partial charge in [0.1, 0.15) is 5.75 Å². The molecule has 0 radical (unpaired) electrons. The van der Waals surface area contributed by atoms with E-state index in [0.29, 0.717) is 22.8 Å². The second kappa shape index (κ2) is 8.48. The van der Waals surface area contributed by atoms with Crippen LogP contribution in [0.2, 0.25) is 0 Å². The number of carbonyl (C=O) groups excluding carboxylic acids is 1. The minimum absolute atomic E-state index is 0.102. The Bertz CT molecular complexity index is 1040. The maximum Gasteiger partial charge on any atom is 0.203 e. The number of hydrogen-bond acceptors (Lipinski definition) is 5. The maximum absolute atomic E-state index is 12.7. The lowest BCUT2D eigenvalue weighted by Gasteiger charge is -2.13. The van der Waals surface area contributed by atoms with Crippen LogP contribution in [-0.2, 0) is 0 Å². The van der Waals surface area contributed by atoms with Crippen molar-refractivity contribution >= 4 is 22.6 Å². The summed E-state index contributed by atoms with van der Waals surface area (Å²) in [6.07, 6.45) is 3.23. The molecule has 0 heterocycles. The predicted molar refractivity (Wildman–Crippen MR) is 110 cm³/mol. The van der Waals surface area contributed by atoms with E-state index in [1.165, 1.54) is 6.08 Å². The van der Waals surface area contributed by atoms with Crippen LogP contribution in [0.3, 0.4) is 0 Å². The Labute approximate surface area is 164 Å². The number of methoxy groups -OCH3 is 4. The molecule has 0 aliphatic heterocycles. The van der Waals surface area contributed by atoms with Gasteiger partial charge >= 0.3 is 0 Å². The first-order chi connectivity index (χ1) is 13.6. The zero-order valence-electron chi connectivity index (χ0n) is 16.3. The molecule has 3 aromatic carbocycles. The lowest BCUT2D eigenvalue weighted by Crippen LogP contribution is -1.97. The fraction of sp³-hybridized carbons (Fsp3) is 0.174. The minimum Gasteiger partial charge on any atom is -0.497 e. The number of benzene rings is 3. The topological polar surface area (TPSA) is 54.0 Å². The third kappa shape index (κ3) is 3.78. The first-order valence-electron chi connectivity index (χ1n) is 8.70. The molecule has 0 saturated carbocycles. The summed E-state index contributed by atoms with van der Waals surface area (Å²) in [5.41, 5.74) is 1.33. The maximum atomic E-state index is 12.7. The lowest BCUT2D eigenvalue weighted by molar-refractivity contribution is 0.104. The summed E-state index contributed by atoms with van der Waals surface area (Å²) in [6.45, 7) is 0. The van der Waals surface area contributed by atoms with E-state index in [1.807, 2.05) is 36.4 Å². The Morgan fingerprint density at radius 3 is 2.14 bits per heavy atom. The van der Waals surface area contributed by atoms with Gasteiger partial charge in [-0.05, 0) is 53.3 Å². The van der Waals surface area contributed by atoms with Crippen molar-refractivity contribution in [1.29, 1.82) is 0 Å². The van der Waals surface area contributed by atoms with Gasteiger partial charge in [0.25, 0.3) is 0 Å². The van der Waals surface area contributed by atoms with E-state index in [9.17, 15) is 4.79 Å². The summed E-state index contributed by atoms with van der Waals surface area (Å²) in [5.74, 6) is 2.24. The molecule has 0 bridgehead atoms. The quantitative estimate of drug-likeness (QED) is 0.438. The number of allylic oxidation sites excluding steroid dienone is 1. The van der Waals surface area contributed by atoms with Crippen LogP contribution < -0.4 is 18.9 Å². The molecule has 3 rings (SSSR count). The highest BCUT2D eigenvalue weighted by atomic mass is 16.5. The van der Waals surface area contributed by atoms with E-state index in [-0.39, 0.29) is 5.78 Å². The number of ketones is 1. The summed E-state index contributed by atoms with van der Waals surface area (Å²) < 4.78 is 21.3. The molecule has 0 saturated heterocycles. The average molecular weight is 378 g/mol. The smallest absolute Gasteiger partial charge is 0.203 e. The molecule has 5 heteroatoms. The number of carbonyl (C=O) groups is 1. The Kier molecular flexibility index (Phi) is 5.84. The number of ether oxygens (including phenoxy) is 4. The summed E-state index contributed by atoms with van der Waals surface area (Å²) in [5, 5.41) is 1.99. The van der Waals surface area contributed by atoms with Crippen LogP contribution in [0.25, 0.3) is 16.8 Å².